The molecule has 0 saturated carbocycles. The normalized spacial score (nSPS) is 14.4. The van der Waals surface area contributed by atoms with Gasteiger partial charge in [-0.2, -0.15) is 13.2 Å². The lowest BCUT2D eigenvalue weighted by Gasteiger charge is -2.32. The Morgan fingerprint density at radius 3 is 2.27 bits per heavy atom. The van der Waals surface area contributed by atoms with Crippen molar-refractivity contribution >= 4 is 28.4 Å². The Balaban J connectivity index is 1.24. The van der Waals surface area contributed by atoms with E-state index < -0.39 is 35.4 Å². The summed E-state index contributed by atoms with van der Waals surface area (Å²) in [5.74, 6) is -1.04. The van der Waals surface area contributed by atoms with Crippen LogP contribution in [0.1, 0.15) is 30.4 Å². The van der Waals surface area contributed by atoms with Crippen LogP contribution in [-0.4, -0.2) is 45.0 Å². The molecule has 1 aliphatic rings. The average molecular weight is 608 g/mol. The molecule has 1 fully saturated rings. The number of nitrogens with one attached hydrogen (secondary N) is 2. The quantitative estimate of drug-likeness (QED) is 0.300. The fourth-order valence-corrected chi connectivity index (χ4v) is 5.43. The van der Waals surface area contributed by atoms with Gasteiger partial charge in [0.1, 0.15) is 6.54 Å². The van der Waals surface area contributed by atoms with E-state index in [-0.39, 0.29) is 41.5 Å². The van der Waals surface area contributed by atoms with Crippen molar-refractivity contribution < 1.29 is 22.8 Å². The summed E-state index contributed by atoms with van der Waals surface area (Å²) in [6.45, 7) is 1.76. The summed E-state index contributed by atoms with van der Waals surface area (Å²) >= 11 is 0. The van der Waals surface area contributed by atoms with Crippen LogP contribution in [0.4, 0.5) is 18.9 Å². The van der Waals surface area contributed by atoms with Gasteiger partial charge in [-0.15, -0.1) is 0 Å². The van der Waals surface area contributed by atoms with E-state index in [9.17, 15) is 32.3 Å². The summed E-state index contributed by atoms with van der Waals surface area (Å²) in [6, 6.07) is 20.5. The monoisotopic (exact) mass is 607 g/mol. The lowest BCUT2D eigenvalue weighted by Crippen LogP contribution is -2.45. The molecular formula is C32H32F3N5O4. The minimum Gasteiger partial charge on any atom is -0.353 e. The van der Waals surface area contributed by atoms with E-state index in [4.69, 9.17) is 0 Å². The van der Waals surface area contributed by atoms with E-state index in [0.717, 1.165) is 53.7 Å². The van der Waals surface area contributed by atoms with Crippen LogP contribution in [-0.2, 0) is 35.4 Å². The second-order valence-electron chi connectivity index (χ2n) is 10.8. The highest BCUT2D eigenvalue weighted by molar-refractivity contribution is 5.91. The molecule has 2 N–H and O–H groups in total. The second-order valence-corrected chi connectivity index (χ2v) is 10.8. The maximum absolute atomic E-state index is 13.4. The van der Waals surface area contributed by atoms with Gasteiger partial charge in [0.15, 0.2) is 0 Å². The standard InChI is InChI=1S/C32H32F3N5O4/c33-32(34,35)23-9-6-10-25(19-23)37-29(42)21-40-27-12-5-4-11-26(27)30(43)39(31(40)44)18-15-28(41)36-24-13-16-38(17-14-24)20-22-7-2-1-3-8-22/h1-12,19,24H,13-18,20-21H2,(H,36,41)(H,37,42). The zero-order valence-corrected chi connectivity index (χ0v) is 23.8. The minimum atomic E-state index is -4.59. The Kier molecular flexibility index (Phi) is 9.29. The molecule has 9 nitrogen and oxygen atoms in total. The first-order chi connectivity index (χ1) is 21.1. The Morgan fingerprint density at radius 2 is 1.55 bits per heavy atom. The zero-order chi connectivity index (χ0) is 31.3. The Hall–Kier alpha value is -4.71. The number of hydrogen-bond donors (Lipinski definition) is 2. The number of nitrogens with zero attached hydrogens (tertiary/aromatic N) is 3. The first-order valence-electron chi connectivity index (χ1n) is 14.3. The molecule has 0 bridgehead atoms. The summed E-state index contributed by atoms with van der Waals surface area (Å²) in [5, 5.41) is 5.56. The predicted molar refractivity (Wildman–Crippen MR) is 160 cm³/mol. The number of amides is 2. The van der Waals surface area contributed by atoms with Crippen molar-refractivity contribution in [2.45, 2.75) is 51.1 Å². The number of alkyl halides is 3. The van der Waals surface area contributed by atoms with Gasteiger partial charge in [0.2, 0.25) is 11.8 Å². The van der Waals surface area contributed by atoms with Gasteiger partial charge < -0.3 is 10.6 Å². The molecule has 1 aliphatic heterocycles. The van der Waals surface area contributed by atoms with Crippen LogP contribution in [0.3, 0.4) is 0 Å². The molecule has 44 heavy (non-hydrogen) atoms. The van der Waals surface area contributed by atoms with E-state index in [2.05, 4.69) is 27.7 Å². The highest BCUT2D eigenvalue weighted by Crippen LogP contribution is 2.30. The van der Waals surface area contributed by atoms with Crippen molar-refractivity contribution in [3.63, 3.8) is 0 Å². The fourth-order valence-electron chi connectivity index (χ4n) is 5.43. The minimum absolute atomic E-state index is 0.0148. The SMILES string of the molecule is O=C(Cn1c(=O)n(CCC(=O)NC2CCN(Cc3ccccc3)CC2)c(=O)c2ccccc21)Nc1cccc(C(F)(F)F)c1. The van der Waals surface area contributed by atoms with Gasteiger partial charge in [-0.25, -0.2) is 4.79 Å². The average Bonchev–Trinajstić information content (AvgIpc) is 3.00. The van der Waals surface area contributed by atoms with Gasteiger partial charge in [0.05, 0.1) is 16.5 Å². The van der Waals surface area contributed by atoms with Gasteiger partial charge in [-0.1, -0.05) is 48.5 Å². The number of fused-ring (bicyclic) bond motifs is 1. The predicted octanol–water partition coefficient (Wildman–Crippen LogP) is 3.99. The number of para-hydroxylation sites is 1. The third kappa shape index (κ3) is 7.43. The van der Waals surface area contributed by atoms with Crippen LogP contribution in [0.25, 0.3) is 10.9 Å². The van der Waals surface area contributed by atoms with Gasteiger partial charge in [-0.3, -0.25) is 28.4 Å². The molecule has 2 heterocycles. The summed E-state index contributed by atoms with van der Waals surface area (Å²) in [4.78, 5) is 54.6. The molecule has 3 aromatic carbocycles. The maximum Gasteiger partial charge on any atom is 0.416 e. The maximum atomic E-state index is 13.4. The molecule has 1 saturated heterocycles. The smallest absolute Gasteiger partial charge is 0.353 e. The van der Waals surface area contributed by atoms with E-state index in [1.54, 1.807) is 12.1 Å². The van der Waals surface area contributed by atoms with E-state index in [1.165, 1.54) is 29.8 Å². The number of rotatable bonds is 9. The molecule has 1 aromatic heterocycles. The number of halogens is 3. The molecule has 0 radical (unpaired) electrons. The lowest BCUT2D eigenvalue weighted by molar-refractivity contribution is -0.137. The number of hydrogen-bond acceptors (Lipinski definition) is 5. The lowest BCUT2D eigenvalue weighted by atomic mass is 10.0. The van der Waals surface area contributed by atoms with E-state index >= 15 is 0 Å². The zero-order valence-electron chi connectivity index (χ0n) is 23.8. The Labute approximate surface area is 250 Å². The van der Waals surface area contributed by atoms with Crippen molar-refractivity contribution in [3.8, 4) is 0 Å². The number of aromatic nitrogens is 2. The van der Waals surface area contributed by atoms with Crippen LogP contribution in [0.15, 0.2) is 88.5 Å². The summed E-state index contributed by atoms with van der Waals surface area (Å²) < 4.78 is 41.3. The largest absolute Gasteiger partial charge is 0.416 e. The number of carbonyl (C=O) groups excluding carboxylic acids is 2. The van der Waals surface area contributed by atoms with Crippen LogP contribution in [0.2, 0.25) is 0 Å². The number of anilines is 1. The summed E-state index contributed by atoms with van der Waals surface area (Å²) in [5.41, 5.74) is -0.975. The summed E-state index contributed by atoms with van der Waals surface area (Å²) in [6.07, 6.45) is -3.14. The van der Waals surface area contributed by atoms with E-state index in [0.29, 0.717) is 0 Å². The van der Waals surface area contributed by atoms with Crippen LogP contribution in [0, 0.1) is 0 Å². The fraction of sp³-hybridized carbons (Fsp3) is 0.312. The van der Waals surface area contributed by atoms with Crippen molar-refractivity contribution in [1.82, 2.24) is 19.4 Å². The molecule has 230 valence electrons. The molecule has 0 atom stereocenters. The Morgan fingerprint density at radius 1 is 0.841 bits per heavy atom. The number of benzene rings is 3. The number of likely N-dealkylation sites (tertiary alicyclic amines) is 1. The molecule has 0 unspecified atom stereocenters. The molecule has 4 aromatic rings. The molecule has 0 spiro atoms. The van der Waals surface area contributed by atoms with Crippen molar-refractivity contribution in [2.24, 2.45) is 0 Å². The molecule has 2 amide bonds. The second kappa shape index (κ2) is 13.3. The van der Waals surface area contributed by atoms with Crippen LogP contribution in [0.5, 0.6) is 0 Å². The van der Waals surface area contributed by atoms with Gasteiger partial charge >= 0.3 is 11.9 Å². The topological polar surface area (TPSA) is 105 Å². The van der Waals surface area contributed by atoms with Crippen molar-refractivity contribution in [2.75, 3.05) is 18.4 Å². The van der Waals surface area contributed by atoms with Crippen LogP contribution >= 0.6 is 0 Å². The third-order valence-corrected chi connectivity index (χ3v) is 7.67. The van der Waals surface area contributed by atoms with Crippen LogP contribution < -0.4 is 21.9 Å². The molecule has 5 rings (SSSR count). The third-order valence-electron chi connectivity index (χ3n) is 7.67. The molecule has 0 aliphatic carbocycles. The van der Waals surface area contributed by atoms with Gasteiger partial charge in [0.25, 0.3) is 5.56 Å². The first kappa shape index (κ1) is 30.7. The van der Waals surface area contributed by atoms with Crippen molar-refractivity contribution in [3.05, 3.63) is 111 Å². The summed E-state index contributed by atoms with van der Waals surface area (Å²) in [7, 11) is 0. The number of carbonyl (C=O) groups is 2. The number of piperidine rings is 1. The molecular weight excluding hydrogens is 575 g/mol. The van der Waals surface area contributed by atoms with Gasteiger partial charge in [-0.05, 0) is 48.7 Å². The highest BCUT2D eigenvalue weighted by atomic mass is 19.4. The van der Waals surface area contributed by atoms with Crippen molar-refractivity contribution in [1.29, 1.82) is 0 Å². The molecule has 12 heteroatoms. The van der Waals surface area contributed by atoms with E-state index in [1.807, 2.05) is 18.2 Å². The first-order valence-corrected chi connectivity index (χ1v) is 14.3. The highest BCUT2D eigenvalue weighted by Gasteiger charge is 2.30. The Bertz CT molecular complexity index is 1760. The van der Waals surface area contributed by atoms with Gasteiger partial charge in [0, 0.05) is 44.3 Å².